The number of rotatable bonds is 3. The molecule has 1 unspecified atom stereocenters. The van der Waals surface area contributed by atoms with Crippen LogP contribution in [0, 0.1) is 6.92 Å². The van der Waals surface area contributed by atoms with Crippen LogP contribution in [0.1, 0.15) is 22.9 Å². The van der Waals surface area contributed by atoms with E-state index in [1.165, 1.54) is 0 Å². The highest BCUT2D eigenvalue weighted by Crippen LogP contribution is 2.27. The van der Waals surface area contributed by atoms with Gasteiger partial charge >= 0.3 is 0 Å². The summed E-state index contributed by atoms with van der Waals surface area (Å²) in [7, 11) is 0. The van der Waals surface area contributed by atoms with Crippen LogP contribution < -0.4 is 5.73 Å². The topological polar surface area (TPSA) is 56.7 Å². The summed E-state index contributed by atoms with van der Waals surface area (Å²) in [6, 6.07) is 15.2. The molecule has 2 aromatic carbocycles. The van der Waals surface area contributed by atoms with Crippen LogP contribution >= 0.6 is 11.6 Å². The number of hydrogen-bond acceptors (Lipinski definition) is 3. The van der Waals surface area contributed by atoms with Gasteiger partial charge in [-0.15, -0.1) is 5.10 Å². The van der Waals surface area contributed by atoms with Crippen LogP contribution in [0.3, 0.4) is 0 Å². The Kier molecular flexibility index (Phi) is 3.73. The van der Waals surface area contributed by atoms with Crippen LogP contribution in [0.5, 0.6) is 0 Å². The second kappa shape index (κ2) is 5.68. The number of halogens is 1. The molecule has 0 saturated carbocycles. The van der Waals surface area contributed by atoms with Gasteiger partial charge in [0, 0.05) is 5.02 Å². The molecule has 5 heteroatoms. The fraction of sp³-hybridized carbons (Fsp3) is 0.125. The van der Waals surface area contributed by atoms with E-state index in [0.29, 0.717) is 5.02 Å². The molecular formula is C16H15ClN4. The molecular weight excluding hydrogens is 284 g/mol. The van der Waals surface area contributed by atoms with E-state index < -0.39 is 0 Å². The molecule has 0 amide bonds. The molecule has 0 aliphatic carbocycles. The monoisotopic (exact) mass is 298 g/mol. The molecule has 0 spiro atoms. The van der Waals surface area contributed by atoms with Gasteiger partial charge in [-0.3, -0.25) is 0 Å². The maximum Gasteiger partial charge on any atom is 0.0858 e. The minimum absolute atomic E-state index is 0.334. The van der Waals surface area contributed by atoms with Crippen LogP contribution in [0.4, 0.5) is 0 Å². The summed E-state index contributed by atoms with van der Waals surface area (Å²) < 4.78 is 1.75. The van der Waals surface area contributed by atoms with Gasteiger partial charge in [0.05, 0.1) is 23.6 Å². The van der Waals surface area contributed by atoms with E-state index in [1.54, 1.807) is 10.9 Å². The molecule has 0 fully saturated rings. The van der Waals surface area contributed by atoms with Gasteiger partial charge in [0.15, 0.2) is 0 Å². The largest absolute Gasteiger partial charge is 0.319 e. The molecule has 0 bridgehead atoms. The zero-order chi connectivity index (χ0) is 14.8. The van der Waals surface area contributed by atoms with Gasteiger partial charge in [-0.2, -0.15) is 0 Å². The van der Waals surface area contributed by atoms with E-state index in [9.17, 15) is 0 Å². The number of benzene rings is 2. The summed E-state index contributed by atoms with van der Waals surface area (Å²) in [4.78, 5) is 0. The first-order chi connectivity index (χ1) is 10.2. The molecule has 4 nitrogen and oxygen atoms in total. The summed E-state index contributed by atoms with van der Waals surface area (Å²) in [5.74, 6) is 0. The van der Waals surface area contributed by atoms with Crippen molar-refractivity contribution in [1.29, 1.82) is 0 Å². The second-order valence-electron chi connectivity index (χ2n) is 4.84. The lowest BCUT2D eigenvalue weighted by Gasteiger charge is -2.16. The summed E-state index contributed by atoms with van der Waals surface area (Å²) in [6.07, 6.45) is 1.69. The van der Waals surface area contributed by atoms with Gasteiger partial charge < -0.3 is 5.73 Å². The first-order valence-corrected chi connectivity index (χ1v) is 7.03. The molecule has 3 aromatic rings. The van der Waals surface area contributed by atoms with Crippen molar-refractivity contribution in [3.63, 3.8) is 0 Å². The van der Waals surface area contributed by atoms with Crippen molar-refractivity contribution in [2.75, 3.05) is 0 Å². The number of para-hydroxylation sites is 1. The van der Waals surface area contributed by atoms with Gasteiger partial charge in [0.2, 0.25) is 0 Å². The molecule has 0 aliphatic rings. The lowest BCUT2D eigenvalue weighted by molar-refractivity contribution is 0.717. The van der Waals surface area contributed by atoms with Gasteiger partial charge in [0.25, 0.3) is 0 Å². The second-order valence-corrected chi connectivity index (χ2v) is 5.25. The molecule has 1 aromatic heterocycles. The summed E-state index contributed by atoms with van der Waals surface area (Å²) in [6.45, 7) is 1.97. The fourth-order valence-electron chi connectivity index (χ4n) is 2.35. The Morgan fingerprint density at radius 2 is 1.86 bits per heavy atom. The predicted octanol–water partition coefficient (Wildman–Crippen LogP) is 3.28. The predicted molar refractivity (Wildman–Crippen MR) is 83.6 cm³/mol. The van der Waals surface area contributed by atoms with E-state index in [-0.39, 0.29) is 6.04 Å². The highest BCUT2D eigenvalue weighted by molar-refractivity contribution is 6.31. The van der Waals surface area contributed by atoms with Crippen molar-refractivity contribution in [2.24, 2.45) is 5.73 Å². The average molecular weight is 299 g/mol. The Morgan fingerprint density at radius 3 is 2.62 bits per heavy atom. The number of aromatic nitrogens is 3. The SMILES string of the molecule is Cc1c(Cl)cccc1C(N)c1cnnn1-c1ccccc1. The average Bonchev–Trinajstić information content (AvgIpc) is 3.00. The zero-order valence-electron chi connectivity index (χ0n) is 11.6. The van der Waals surface area contributed by atoms with Crippen molar-refractivity contribution in [3.05, 3.63) is 76.6 Å². The van der Waals surface area contributed by atoms with E-state index >= 15 is 0 Å². The first kappa shape index (κ1) is 13.8. The number of hydrogen-bond donors (Lipinski definition) is 1. The molecule has 0 saturated heterocycles. The van der Waals surface area contributed by atoms with E-state index in [1.807, 2.05) is 55.5 Å². The number of nitrogens with zero attached hydrogens (tertiary/aromatic N) is 3. The molecule has 2 N–H and O–H groups in total. The van der Waals surface area contributed by atoms with E-state index in [0.717, 1.165) is 22.5 Å². The van der Waals surface area contributed by atoms with Crippen LogP contribution in [0.25, 0.3) is 5.69 Å². The van der Waals surface area contributed by atoms with Crippen molar-refractivity contribution in [3.8, 4) is 5.69 Å². The van der Waals surface area contributed by atoms with Crippen LogP contribution in [-0.2, 0) is 0 Å². The molecule has 3 rings (SSSR count). The normalized spacial score (nSPS) is 12.3. The lowest BCUT2D eigenvalue weighted by atomic mass is 9.99. The third-order valence-electron chi connectivity index (χ3n) is 3.54. The Morgan fingerprint density at radius 1 is 1.10 bits per heavy atom. The van der Waals surface area contributed by atoms with Crippen molar-refractivity contribution in [1.82, 2.24) is 15.0 Å². The Hall–Kier alpha value is -2.17. The first-order valence-electron chi connectivity index (χ1n) is 6.65. The van der Waals surface area contributed by atoms with Crippen molar-refractivity contribution >= 4 is 11.6 Å². The maximum atomic E-state index is 6.41. The zero-order valence-corrected chi connectivity index (χ0v) is 12.3. The third kappa shape index (κ3) is 2.55. The van der Waals surface area contributed by atoms with Crippen molar-refractivity contribution < 1.29 is 0 Å². The van der Waals surface area contributed by atoms with Crippen LogP contribution in [-0.4, -0.2) is 15.0 Å². The third-order valence-corrected chi connectivity index (χ3v) is 3.95. The van der Waals surface area contributed by atoms with Gasteiger partial charge in [-0.25, -0.2) is 4.68 Å². The lowest BCUT2D eigenvalue weighted by Crippen LogP contribution is -2.17. The smallest absolute Gasteiger partial charge is 0.0858 e. The van der Waals surface area contributed by atoms with Crippen LogP contribution in [0.2, 0.25) is 5.02 Å². The molecule has 0 aliphatic heterocycles. The summed E-state index contributed by atoms with van der Waals surface area (Å²) in [5, 5.41) is 8.85. The molecule has 21 heavy (non-hydrogen) atoms. The highest BCUT2D eigenvalue weighted by atomic mass is 35.5. The molecule has 106 valence electrons. The molecule has 0 radical (unpaired) electrons. The Bertz CT molecular complexity index is 752. The minimum atomic E-state index is -0.334. The standard InChI is InChI=1S/C16H15ClN4/c1-11-13(8-5-9-14(11)17)16(18)15-10-19-20-21(15)12-6-3-2-4-7-12/h2-10,16H,18H2,1H3. The quantitative estimate of drug-likeness (QED) is 0.807. The maximum absolute atomic E-state index is 6.41. The van der Waals surface area contributed by atoms with E-state index in [2.05, 4.69) is 10.3 Å². The fourth-order valence-corrected chi connectivity index (χ4v) is 2.53. The molecule has 1 atom stereocenters. The van der Waals surface area contributed by atoms with Gasteiger partial charge in [-0.1, -0.05) is 47.1 Å². The summed E-state index contributed by atoms with van der Waals surface area (Å²) in [5.41, 5.74) is 10.1. The minimum Gasteiger partial charge on any atom is -0.319 e. The Labute approximate surface area is 128 Å². The van der Waals surface area contributed by atoms with E-state index in [4.69, 9.17) is 17.3 Å². The Balaban J connectivity index is 2.06. The highest BCUT2D eigenvalue weighted by Gasteiger charge is 2.18. The van der Waals surface area contributed by atoms with Gasteiger partial charge in [0.1, 0.15) is 0 Å². The van der Waals surface area contributed by atoms with Crippen molar-refractivity contribution in [2.45, 2.75) is 13.0 Å². The summed E-state index contributed by atoms with van der Waals surface area (Å²) >= 11 is 6.18. The number of nitrogens with two attached hydrogens (primary N) is 1. The molecule has 1 heterocycles. The van der Waals surface area contributed by atoms with Crippen LogP contribution in [0.15, 0.2) is 54.7 Å². The van der Waals surface area contributed by atoms with Gasteiger partial charge in [-0.05, 0) is 36.2 Å².